The summed E-state index contributed by atoms with van der Waals surface area (Å²) < 4.78 is 10.8. The SMILES string of the molecule is COc1ccc(COCCCc2ccc(C=O)cc2)cc1. The van der Waals surface area contributed by atoms with Crippen LogP contribution in [0, 0.1) is 0 Å². The third-order valence-electron chi connectivity index (χ3n) is 3.30. The molecule has 0 aliphatic rings. The first-order chi connectivity index (χ1) is 10.3. The van der Waals surface area contributed by atoms with Crippen molar-refractivity contribution in [2.45, 2.75) is 19.4 Å². The summed E-state index contributed by atoms with van der Waals surface area (Å²) in [6.07, 6.45) is 2.79. The maximum Gasteiger partial charge on any atom is 0.150 e. The average molecular weight is 284 g/mol. The Morgan fingerprint density at radius 3 is 2.24 bits per heavy atom. The lowest BCUT2D eigenvalue weighted by Gasteiger charge is -2.06. The average Bonchev–Trinajstić information content (AvgIpc) is 2.55. The number of aryl methyl sites for hydroxylation is 1. The van der Waals surface area contributed by atoms with Gasteiger partial charge in [-0.05, 0) is 36.1 Å². The highest BCUT2D eigenvalue weighted by Crippen LogP contribution is 2.12. The Morgan fingerprint density at radius 2 is 1.62 bits per heavy atom. The first kappa shape index (κ1) is 15.3. The lowest BCUT2D eigenvalue weighted by Crippen LogP contribution is -1.98. The predicted octanol–water partition coefficient (Wildman–Crippen LogP) is 3.66. The van der Waals surface area contributed by atoms with Crippen molar-refractivity contribution >= 4 is 6.29 Å². The van der Waals surface area contributed by atoms with Crippen LogP contribution in [0.4, 0.5) is 0 Å². The number of aldehydes is 1. The van der Waals surface area contributed by atoms with Crippen molar-refractivity contribution in [2.24, 2.45) is 0 Å². The van der Waals surface area contributed by atoms with Crippen molar-refractivity contribution in [3.05, 3.63) is 65.2 Å². The van der Waals surface area contributed by atoms with Crippen molar-refractivity contribution in [2.75, 3.05) is 13.7 Å². The molecule has 0 fully saturated rings. The molecule has 0 heterocycles. The second-order valence-corrected chi connectivity index (χ2v) is 4.86. The molecule has 2 rings (SSSR count). The molecule has 0 aromatic heterocycles. The van der Waals surface area contributed by atoms with Crippen LogP contribution in [0.3, 0.4) is 0 Å². The summed E-state index contributed by atoms with van der Waals surface area (Å²) in [7, 11) is 1.66. The molecule has 0 bridgehead atoms. The molecule has 0 aliphatic heterocycles. The second kappa shape index (κ2) is 8.22. The van der Waals surface area contributed by atoms with Crippen LogP contribution in [0.1, 0.15) is 27.9 Å². The van der Waals surface area contributed by atoms with E-state index in [-0.39, 0.29) is 0 Å². The van der Waals surface area contributed by atoms with Crippen LogP contribution in [0.15, 0.2) is 48.5 Å². The Hall–Kier alpha value is -2.13. The van der Waals surface area contributed by atoms with Gasteiger partial charge in [0, 0.05) is 12.2 Å². The van der Waals surface area contributed by atoms with Crippen molar-refractivity contribution in [1.82, 2.24) is 0 Å². The smallest absolute Gasteiger partial charge is 0.150 e. The summed E-state index contributed by atoms with van der Waals surface area (Å²) in [5.41, 5.74) is 3.09. The molecule has 0 aliphatic carbocycles. The molecule has 0 atom stereocenters. The quantitative estimate of drug-likeness (QED) is 0.548. The molecule has 0 radical (unpaired) electrons. The zero-order chi connectivity index (χ0) is 14.9. The fourth-order valence-electron chi connectivity index (χ4n) is 2.05. The van der Waals surface area contributed by atoms with Crippen LogP contribution in [-0.2, 0) is 17.8 Å². The van der Waals surface area contributed by atoms with Crippen molar-refractivity contribution in [1.29, 1.82) is 0 Å². The monoisotopic (exact) mass is 284 g/mol. The molecule has 0 N–H and O–H groups in total. The summed E-state index contributed by atoms with van der Waals surface area (Å²) in [5.74, 6) is 0.859. The standard InChI is InChI=1S/C18H20O3/c1-20-18-10-8-17(9-11-18)14-21-12-2-3-15-4-6-16(13-19)7-5-15/h4-11,13H,2-3,12,14H2,1H3. The van der Waals surface area contributed by atoms with Gasteiger partial charge >= 0.3 is 0 Å². The van der Waals surface area contributed by atoms with E-state index in [1.165, 1.54) is 5.56 Å². The predicted molar refractivity (Wildman–Crippen MR) is 82.8 cm³/mol. The van der Waals surface area contributed by atoms with E-state index in [2.05, 4.69) is 0 Å². The van der Waals surface area contributed by atoms with Crippen LogP contribution in [0.5, 0.6) is 5.75 Å². The Labute approximate surface area is 125 Å². The van der Waals surface area contributed by atoms with Gasteiger partial charge in [-0.25, -0.2) is 0 Å². The fourth-order valence-corrected chi connectivity index (χ4v) is 2.05. The van der Waals surface area contributed by atoms with Gasteiger partial charge in [0.25, 0.3) is 0 Å². The molecule has 21 heavy (non-hydrogen) atoms. The van der Waals surface area contributed by atoms with Crippen molar-refractivity contribution in [3.8, 4) is 5.75 Å². The Kier molecular flexibility index (Phi) is 5.98. The van der Waals surface area contributed by atoms with Crippen molar-refractivity contribution < 1.29 is 14.3 Å². The Bertz CT molecular complexity index is 544. The van der Waals surface area contributed by atoms with Gasteiger partial charge in [-0.15, -0.1) is 0 Å². The van der Waals surface area contributed by atoms with E-state index in [0.717, 1.165) is 42.6 Å². The molecule has 110 valence electrons. The number of hydrogen-bond donors (Lipinski definition) is 0. The number of methoxy groups -OCH3 is 1. The van der Waals surface area contributed by atoms with Crippen LogP contribution < -0.4 is 4.74 Å². The summed E-state index contributed by atoms with van der Waals surface area (Å²) in [6, 6.07) is 15.6. The lowest BCUT2D eigenvalue weighted by molar-refractivity contribution is 0.112. The molecule has 2 aromatic rings. The Balaban J connectivity index is 1.65. The molecule has 0 spiro atoms. The van der Waals surface area contributed by atoms with E-state index in [9.17, 15) is 4.79 Å². The summed E-state index contributed by atoms with van der Waals surface area (Å²) in [4.78, 5) is 10.6. The number of rotatable bonds is 8. The van der Waals surface area contributed by atoms with Crippen LogP contribution in [0.2, 0.25) is 0 Å². The molecule has 3 heteroatoms. The summed E-state index contributed by atoms with van der Waals surface area (Å²) in [6.45, 7) is 1.34. The number of benzene rings is 2. The number of carbonyl (C=O) groups is 1. The maximum atomic E-state index is 10.6. The van der Waals surface area contributed by atoms with Crippen LogP contribution in [0.25, 0.3) is 0 Å². The minimum absolute atomic E-state index is 0.619. The van der Waals surface area contributed by atoms with Gasteiger partial charge in [0.2, 0.25) is 0 Å². The molecule has 0 unspecified atom stereocenters. The normalized spacial score (nSPS) is 10.3. The second-order valence-electron chi connectivity index (χ2n) is 4.86. The number of carbonyl (C=O) groups excluding carboxylic acids is 1. The molecule has 2 aromatic carbocycles. The molecule has 3 nitrogen and oxygen atoms in total. The summed E-state index contributed by atoms with van der Waals surface area (Å²) in [5, 5.41) is 0. The van der Waals surface area contributed by atoms with Gasteiger partial charge < -0.3 is 9.47 Å². The third kappa shape index (κ3) is 5.04. The number of ether oxygens (including phenoxy) is 2. The highest BCUT2D eigenvalue weighted by atomic mass is 16.5. The van der Waals surface area contributed by atoms with Crippen LogP contribution in [-0.4, -0.2) is 20.0 Å². The minimum atomic E-state index is 0.619. The minimum Gasteiger partial charge on any atom is -0.497 e. The molecular formula is C18H20O3. The zero-order valence-corrected chi connectivity index (χ0v) is 12.2. The Morgan fingerprint density at radius 1 is 0.952 bits per heavy atom. The van der Waals surface area contributed by atoms with E-state index in [0.29, 0.717) is 6.61 Å². The van der Waals surface area contributed by atoms with E-state index in [1.807, 2.05) is 48.5 Å². The third-order valence-corrected chi connectivity index (χ3v) is 3.30. The fraction of sp³-hybridized carbons (Fsp3) is 0.278. The molecular weight excluding hydrogens is 264 g/mol. The van der Waals surface area contributed by atoms with Gasteiger partial charge in [0.05, 0.1) is 13.7 Å². The van der Waals surface area contributed by atoms with E-state index >= 15 is 0 Å². The highest BCUT2D eigenvalue weighted by Gasteiger charge is 1.97. The molecule has 0 saturated heterocycles. The van der Waals surface area contributed by atoms with Gasteiger partial charge in [-0.3, -0.25) is 4.79 Å². The first-order valence-corrected chi connectivity index (χ1v) is 7.06. The highest BCUT2D eigenvalue weighted by molar-refractivity contribution is 5.74. The zero-order valence-electron chi connectivity index (χ0n) is 12.2. The van der Waals surface area contributed by atoms with Crippen LogP contribution >= 0.6 is 0 Å². The first-order valence-electron chi connectivity index (χ1n) is 7.06. The van der Waals surface area contributed by atoms with Gasteiger partial charge in [-0.1, -0.05) is 36.4 Å². The number of hydrogen-bond acceptors (Lipinski definition) is 3. The van der Waals surface area contributed by atoms with E-state index in [1.54, 1.807) is 7.11 Å². The topological polar surface area (TPSA) is 35.5 Å². The largest absolute Gasteiger partial charge is 0.497 e. The molecule has 0 saturated carbocycles. The molecule has 0 amide bonds. The lowest BCUT2D eigenvalue weighted by atomic mass is 10.1. The maximum absolute atomic E-state index is 10.6. The summed E-state index contributed by atoms with van der Waals surface area (Å²) >= 11 is 0. The van der Waals surface area contributed by atoms with E-state index < -0.39 is 0 Å². The van der Waals surface area contributed by atoms with E-state index in [4.69, 9.17) is 9.47 Å². The van der Waals surface area contributed by atoms with Gasteiger partial charge in [0.1, 0.15) is 12.0 Å². The van der Waals surface area contributed by atoms with Gasteiger partial charge in [-0.2, -0.15) is 0 Å². The van der Waals surface area contributed by atoms with Gasteiger partial charge in [0.15, 0.2) is 0 Å². The van der Waals surface area contributed by atoms with Crippen molar-refractivity contribution in [3.63, 3.8) is 0 Å².